The SMILES string of the molecule is Cc1ccc(C(=O)N2CC3(C[C@H](COc4ccccn4)CCN3C)C2)cn1. The molecule has 142 valence electrons. The van der Waals surface area contributed by atoms with Gasteiger partial charge in [0.2, 0.25) is 5.88 Å². The molecule has 2 aliphatic heterocycles. The number of nitrogens with zero attached hydrogens (tertiary/aromatic N) is 4. The fraction of sp³-hybridized carbons (Fsp3) is 0.476. The quantitative estimate of drug-likeness (QED) is 0.832. The fourth-order valence-corrected chi connectivity index (χ4v) is 4.14. The Kier molecular flexibility index (Phi) is 4.83. The molecule has 4 rings (SSSR count). The first-order chi connectivity index (χ1) is 13.1. The zero-order valence-electron chi connectivity index (χ0n) is 16.0. The van der Waals surface area contributed by atoms with Gasteiger partial charge in [-0.25, -0.2) is 4.98 Å². The topological polar surface area (TPSA) is 58.6 Å². The van der Waals surface area contributed by atoms with E-state index in [2.05, 4.69) is 21.9 Å². The van der Waals surface area contributed by atoms with Gasteiger partial charge in [0.25, 0.3) is 5.91 Å². The van der Waals surface area contributed by atoms with E-state index in [1.165, 1.54) is 0 Å². The minimum absolute atomic E-state index is 0.0736. The Morgan fingerprint density at radius 1 is 1.26 bits per heavy atom. The second-order valence-corrected chi connectivity index (χ2v) is 7.83. The van der Waals surface area contributed by atoms with Crippen molar-refractivity contribution in [2.24, 2.45) is 5.92 Å². The molecule has 2 saturated heterocycles. The number of carbonyl (C=O) groups excluding carboxylic acids is 1. The van der Waals surface area contributed by atoms with Crippen LogP contribution in [0.4, 0.5) is 0 Å². The smallest absolute Gasteiger partial charge is 0.255 e. The number of carbonyl (C=O) groups is 1. The number of rotatable bonds is 4. The Bertz CT molecular complexity index is 788. The van der Waals surface area contributed by atoms with Crippen LogP contribution in [0.5, 0.6) is 5.88 Å². The van der Waals surface area contributed by atoms with Gasteiger partial charge in [-0.2, -0.15) is 0 Å². The van der Waals surface area contributed by atoms with Crippen molar-refractivity contribution in [2.45, 2.75) is 25.3 Å². The first kappa shape index (κ1) is 17.9. The van der Waals surface area contributed by atoms with E-state index in [-0.39, 0.29) is 11.4 Å². The molecule has 6 nitrogen and oxygen atoms in total. The van der Waals surface area contributed by atoms with Gasteiger partial charge in [-0.3, -0.25) is 14.7 Å². The Hall–Kier alpha value is -2.47. The molecular formula is C21H26N4O2. The van der Waals surface area contributed by atoms with Crippen LogP contribution in [0.2, 0.25) is 0 Å². The lowest BCUT2D eigenvalue weighted by molar-refractivity contribution is -0.0695. The summed E-state index contributed by atoms with van der Waals surface area (Å²) in [5.41, 5.74) is 1.67. The normalized spacial score (nSPS) is 21.7. The van der Waals surface area contributed by atoms with Gasteiger partial charge >= 0.3 is 0 Å². The van der Waals surface area contributed by atoms with Gasteiger partial charge in [-0.05, 0) is 57.5 Å². The zero-order chi connectivity index (χ0) is 18.9. The molecule has 0 unspecified atom stereocenters. The lowest BCUT2D eigenvalue weighted by Gasteiger charge is -2.58. The zero-order valence-corrected chi connectivity index (χ0v) is 16.0. The summed E-state index contributed by atoms with van der Waals surface area (Å²) in [5.74, 6) is 1.25. The number of hydrogen-bond donors (Lipinski definition) is 0. The molecule has 0 saturated carbocycles. The standard InChI is InChI=1S/C21H26N4O2/c1-16-6-7-18(12-23-16)20(26)25-14-21(15-25)11-17(8-10-24(21)2)13-27-19-5-3-4-9-22-19/h3-7,9,12,17H,8,10-11,13-15H2,1-2H3/t17-/m1/s1. The predicted molar refractivity (Wildman–Crippen MR) is 103 cm³/mol. The van der Waals surface area contributed by atoms with Crippen molar-refractivity contribution in [2.75, 3.05) is 33.3 Å². The number of amides is 1. The molecule has 0 radical (unpaired) electrons. The number of piperidine rings is 1. The predicted octanol–water partition coefficient (Wildman–Crippen LogP) is 2.40. The summed E-state index contributed by atoms with van der Waals surface area (Å²) >= 11 is 0. The maximum absolute atomic E-state index is 12.7. The summed E-state index contributed by atoms with van der Waals surface area (Å²) in [6.07, 6.45) is 5.59. The largest absolute Gasteiger partial charge is 0.477 e. The second-order valence-electron chi connectivity index (χ2n) is 7.83. The van der Waals surface area contributed by atoms with Gasteiger partial charge in [0.1, 0.15) is 0 Å². The highest BCUT2D eigenvalue weighted by Gasteiger charge is 2.51. The van der Waals surface area contributed by atoms with Crippen LogP contribution < -0.4 is 4.74 Å². The van der Waals surface area contributed by atoms with E-state index < -0.39 is 0 Å². The van der Waals surface area contributed by atoms with Crippen molar-refractivity contribution in [1.82, 2.24) is 19.8 Å². The third kappa shape index (κ3) is 3.67. The summed E-state index contributed by atoms with van der Waals surface area (Å²) in [7, 11) is 2.17. The van der Waals surface area contributed by atoms with Crippen molar-refractivity contribution in [1.29, 1.82) is 0 Å². The maximum Gasteiger partial charge on any atom is 0.255 e. The van der Waals surface area contributed by atoms with Crippen LogP contribution in [0.1, 0.15) is 28.9 Å². The highest BCUT2D eigenvalue weighted by molar-refractivity contribution is 5.94. The molecule has 6 heteroatoms. The molecule has 2 aliphatic rings. The van der Waals surface area contributed by atoms with Crippen LogP contribution in [0.3, 0.4) is 0 Å². The summed E-state index contributed by atoms with van der Waals surface area (Å²) in [6.45, 7) is 5.19. The molecule has 0 N–H and O–H groups in total. The second kappa shape index (κ2) is 7.27. The number of aryl methyl sites for hydroxylation is 1. The molecule has 2 fully saturated rings. The van der Waals surface area contributed by atoms with E-state index in [9.17, 15) is 4.79 Å². The van der Waals surface area contributed by atoms with Crippen molar-refractivity contribution in [3.63, 3.8) is 0 Å². The van der Waals surface area contributed by atoms with Crippen molar-refractivity contribution < 1.29 is 9.53 Å². The lowest BCUT2D eigenvalue weighted by Crippen LogP contribution is -2.72. The highest BCUT2D eigenvalue weighted by atomic mass is 16.5. The average Bonchev–Trinajstić information content (AvgIpc) is 2.66. The van der Waals surface area contributed by atoms with E-state index in [0.717, 1.165) is 38.2 Å². The molecule has 0 aliphatic carbocycles. The average molecular weight is 366 g/mol. The number of hydrogen-bond acceptors (Lipinski definition) is 5. The van der Waals surface area contributed by atoms with Gasteiger partial charge in [0, 0.05) is 37.2 Å². The van der Waals surface area contributed by atoms with Crippen LogP contribution in [0.15, 0.2) is 42.7 Å². The van der Waals surface area contributed by atoms with Crippen LogP contribution in [0.25, 0.3) is 0 Å². The van der Waals surface area contributed by atoms with Gasteiger partial charge in [-0.1, -0.05) is 6.07 Å². The number of likely N-dealkylation sites (N-methyl/N-ethyl adjacent to an activating group) is 1. The first-order valence-electron chi connectivity index (χ1n) is 9.53. The number of ether oxygens (including phenoxy) is 1. The Morgan fingerprint density at radius 3 is 2.81 bits per heavy atom. The van der Waals surface area contributed by atoms with Gasteiger partial charge < -0.3 is 9.64 Å². The molecule has 2 aromatic heterocycles. The van der Waals surface area contributed by atoms with Crippen LogP contribution in [-0.4, -0.2) is 64.5 Å². The highest BCUT2D eigenvalue weighted by Crippen LogP contribution is 2.38. The van der Waals surface area contributed by atoms with Crippen molar-refractivity contribution in [3.05, 3.63) is 54.0 Å². The maximum atomic E-state index is 12.7. The van der Waals surface area contributed by atoms with Gasteiger partial charge in [0.15, 0.2) is 0 Å². The molecule has 1 atom stereocenters. The Labute approximate surface area is 160 Å². The van der Waals surface area contributed by atoms with Crippen LogP contribution in [-0.2, 0) is 0 Å². The molecule has 4 heterocycles. The van der Waals surface area contributed by atoms with Crippen molar-refractivity contribution >= 4 is 5.91 Å². The molecule has 0 bridgehead atoms. The molecule has 2 aromatic rings. The molecule has 1 amide bonds. The molecular weight excluding hydrogens is 340 g/mol. The molecule has 1 spiro atoms. The minimum Gasteiger partial charge on any atom is -0.477 e. The van der Waals surface area contributed by atoms with Gasteiger partial charge in [-0.15, -0.1) is 0 Å². The first-order valence-corrected chi connectivity index (χ1v) is 9.53. The summed E-state index contributed by atoms with van der Waals surface area (Å²) < 4.78 is 5.88. The van der Waals surface area contributed by atoms with Crippen molar-refractivity contribution in [3.8, 4) is 5.88 Å². The summed E-state index contributed by atoms with van der Waals surface area (Å²) in [4.78, 5) is 25.5. The Morgan fingerprint density at radius 2 is 2.11 bits per heavy atom. The van der Waals surface area contributed by atoms with Crippen LogP contribution >= 0.6 is 0 Å². The Balaban J connectivity index is 1.35. The van der Waals surface area contributed by atoms with E-state index in [4.69, 9.17) is 4.74 Å². The number of aromatic nitrogens is 2. The van der Waals surface area contributed by atoms with Crippen LogP contribution in [0, 0.1) is 12.8 Å². The third-order valence-corrected chi connectivity index (χ3v) is 5.87. The van der Waals surface area contributed by atoms with E-state index in [0.29, 0.717) is 24.0 Å². The molecule has 27 heavy (non-hydrogen) atoms. The minimum atomic E-state index is 0.0736. The lowest BCUT2D eigenvalue weighted by atomic mass is 9.75. The monoisotopic (exact) mass is 366 g/mol. The summed E-state index contributed by atoms with van der Waals surface area (Å²) in [5, 5.41) is 0. The third-order valence-electron chi connectivity index (χ3n) is 5.87. The van der Waals surface area contributed by atoms with Gasteiger partial charge in [0.05, 0.1) is 17.7 Å². The number of likely N-dealkylation sites (tertiary alicyclic amines) is 2. The summed E-state index contributed by atoms with van der Waals surface area (Å²) in [6, 6.07) is 9.48. The number of pyridine rings is 2. The molecule has 0 aromatic carbocycles. The van der Waals surface area contributed by atoms with E-state index >= 15 is 0 Å². The fourth-order valence-electron chi connectivity index (χ4n) is 4.14. The van der Waals surface area contributed by atoms with E-state index in [1.54, 1.807) is 12.4 Å². The van der Waals surface area contributed by atoms with E-state index in [1.807, 2.05) is 42.2 Å².